The molecule has 2 saturated heterocycles. The number of hydrogen-bond donors (Lipinski definition) is 0. The number of fused-ring (bicyclic) bond motifs is 2. The molecule has 8 rings (SSSR count). The second-order valence-electron chi connectivity index (χ2n) is 18.4. The molecule has 1 aromatic heterocycles. The van der Waals surface area contributed by atoms with E-state index in [0.717, 1.165) is 21.3 Å². The van der Waals surface area contributed by atoms with Crippen molar-refractivity contribution in [2.24, 2.45) is 0 Å². The van der Waals surface area contributed by atoms with Crippen molar-refractivity contribution in [3.8, 4) is 17.6 Å². The molecule has 16 heteroatoms. The molecule has 1 unspecified atom stereocenters. The fraction of sp³-hybridized carbons (Fsp3) is 0.357. The van der Waals surface area contributed by atoms with Crippen LogP contribution in [0, 0.1) is 18.3 Å². The first kappa shape index (κ1) is 51.9. The van der Waals surface area contributed by atoms with Gasteiger partial charge in [0.2, 0.25) is 5.60 Å². The summed E-state index contributed by atoms with van der Waals surface area (Å²) in [5.74, 6) is 0.833. The van der Waals surface area contributed by atoms with Gasteiger partial charge in [0.15, 0.2) is 6.23 Å². The summed E-state index contributed by atoms with van der Waals surface area (Å²) in [5.41, 5.74) is -0.473. The molecule has 5 aromatic carbocycles. The molecule has 0 saturated carbocycles. The van der Waals surface area contributed by atoms with Crippen LogP contribution in [0.1, 0.15) is 73.7 Å². The number of methoxy groups -OCH3 is 2. The normalized spacial score (nSPS) is 19.0. The zero-order chi connectivity index (χ0) is 51.0. The summed E-state index contributed by atoms with van der Waals surface area (Å²) < 4.78 is 50.4. The second kappa shape index (κ2) is 22.9. The molecule has 2 bridgehead atoms. The molecule has 1 amide bonds. The number of ether oxygens (including phenoxy) is 5. The molecular weight excluding hydrogens is 934 g/mol. The predicted molar refractivity (Wildman–Crippen MR) is 273 cm³/mol. The highest BCUT2D eigenvalue weighted by atomic mass is 31.2. The summed E-state index contributed by atoms with van der Waals surface area (Å²) >= 11 is 0. The molecule has 376 valence electrons. The highest BCUT2D eigenvalue weighted by Crippen LogP contribution is 2.57. The number of carbonyl (C=O) groups excluding carboxylic acids is 1. The number of nitrogens with zero attached hydrogens (tertiary/aromatic N) is 5. The highest BCUT2D eigenvalue weighted by molar-refractivity contribution is 7.44. The van der Waals surface area contributed by atoms with Crippen molar-refractivity contribution >= 4 is 14.4 Å². The van der Waals surface area contributed by atoms with E-state index in [0.29, 0.717) is 22.6 Å². The van der Waals surface area contributed by atoms with Gasteiger partial charge in [0.1, 0.15) is 36.0 Å². The topological polar surface area (TPSA) is 156 Å². The zero-order valence-electron chi connectivity index (χ0n) is 41.8. The van der Waals surface area contributed by atoms with E-state index in [-0.39, 0.29) is 50.6 Å². The van der Waals surface area contributed by atoms with E-state index >= 15 is 4.79 Å². The molecule has 0 radical (unpaired) electrons. The van der Waals surface area contributed by atoms with Crippen molar-refractivity contribution in [1.82, 2.24) is 18.7 Å². The maximum Gasteiger partial charge on any atom is 0.335 e. The number of likely N-dealkylation sites (tertiary alicyclic amines) is 1. The van der Waals surface area contributed by atoms with Crippen LogP contribution in [0.5, 0.6) is 11.5 Å². The number of morpholine rings is 1. The molecule has 15 nitrogen and oxygen atoms in total. The largest absolute Gasteiger partial charge is 0.497 e. The van der Waals surface area contributed by atoms with Crippen LogP contribution in [0.25, 0.3) is 0 Å². The van der Waals surface area contributed by atoms with Crippen molar-refractivity contribution in [1.29, 1.82) is 5.26 Å². The lowest BCUT2D eigenvalue weighted by atomic mass is 9.79. The van der Waals surface area contributed by atoms with Crippen molar-refractivity contribution in [2.75, 3.05) is 27.4 Å². The van der Waals surface area contributed by atoms with Gasteiger partial charge in [0, 0.05) is 30.4 Å². The van der Waals surface area contributed by atoms with Gasteiger partial charge in [-0.25, -0.2) is 14.0 Å². The lowest BCUT2D eigenvalue weighted by Gasteiger charge is -2.41. The summed E-state index contributed by atoms with van der Waals surface area (Å²) in [7, 11) is 1.19. The minimum Gasteiger partial charge on any atom is -0.497 e. The Morgan fingerprint density at radius 3 is 1.85 bits per heavy atom. The van der Waals surface area contributed by atoms with E-state index in [4.69, 9.17) is 32.7 Å². The van der Waals surface area contributed by atoms with Gasteiger partial charge in [-0.3, -0.25) is 14.2 Å². The van der Waals surface area contributed by atoms with E-state index in [2.05, 4.69) is 10.7 Å². The smallest absolute Gasteiger partial charge is 0.335 e. The fourth-order valence-corrected chi connectivity index (χ4v) is 11.5. The average molecular weight is 996 g/mol. The third kappa shape index (κ3) is 10.4. The summed E-state index contributed by atoms with van der Waals surface area (Å²) in [5, 5.41) is 9.67. The van der Waals surface area contributed by atoms with Crippen LogP contribution in [-0.2, 0) is 53.5 Å². The minimum absolute atomic E-state index is 0.0592. The van der Waals surface area contributed by atoms with Crippen molar-refractivity contribution in [3.05, 3.63) is 200 Å². The standard InChI is InChI=1S/C56H62N5O10P/c1-39(2)61(40(3)4)72(69-33-17-32-57)71-50-49-52(59-34-41(5)51(62)60(54(59)64)38-67-36-43-20-13-9-14-21-43)70-55(50,53(63)58(49)35-42-18-11-8-12-19-42)37-68-56(44-22-15-10-16-23-44,45-24-28-47(65-6)29-25-45)46-26-30-48(66-7)31-27-46/h8-16,18-31,34,39-40,49-50,52H,17,33,35-38H2,1-7H3/t49-,50+,52-,55-,72?/m1/s1. The summed E-state index contributed by atoms with van der Waals surface area (Å²) in [4.78, 5) is 46.5. The van der Waals surface area contributed by atoms with Crippen LogP contribution in [0.4, 0.5) is 0 Å². The van der Waals surface area contributed by atoms with E-state index in [1.54, 1.807) is 26.0 Å². The number of aromatic nitrogens is 2. The maximum atomic E-state index is 16.0. The molecule has 6 aromatic rings. The van der Waals surface area contributed by atoms with Gasteiger partial charge in [-0.2, -0.15) is 5.26 Å². The highest BCUT2D eigenvalue weighted by Gasteiger charge is 2.72. The van der Waals surface area contributed by atoms with Crippen LogP contribution in [0.3, 0.4) is 0 Å². The molecule has 0 N–H and O–H groups in total. The van der Waals surface area contributed by atoms with E-state index in [1.165, 1.54) is 10.8 Å². The first-order chi connectivity index (χ1) is 34.9. The Kier molecular flexibility index (Phi) is 16.5. The van der Waals surface area contributed by atoms with E-state index in [1.807, 2.05) is 167 Å². The number of carbonyl (C=O) groups is 1. The lowest BCUT2D eigenvalue weighted by Crippen LogP contribution is -2.56. The van der Waals surface area contributed by atoms with Crippen molar-refractivity contribution in [2.45, 2.75) is 103 Å². The van der Waals surface area contributed by atoms with Gasteiger partial charge in [0.25, 0.3) is 20.0 Å². The van der Waals surface area contributed by atoms with Gasteiger partial charge < -0.3 is 37.6 Å². The Morgan fingerprint density at radius 1 is 0.764 bits per heavy atom. The Labute approximate surface area is 422 Å². The quantitative estimate of drug-likeness (QED) is 0.0342. The molecule has 0 aliphatic carbocycles. The van der Waals surface area contributed by atoms with Crippen LogP contribution in [-0.4, -0.2) is 81.9 Å². The number of hydrogen-bond acceptors (Lipinski definition) is 12. The Balaban J connectivity index is 1.33. The predicted octanol–water partition coefficient (Wildman–Crippen LogP) is 8.86. The minimum atomic E-state index is -2.02. The SMILES string of the molecule is COc1ccc(C(OC[C@@]23O[C@@H](n4cc(C)c(=O)n(COCc5ccccc5)c4=O)[C@@H]([C@@H]2OP(OCCC#N)N(C(C)C)C(C)C)N(Cc2ccccc2)C3=O)(c2ccccc2)c2ccc(OC)cc2)cc1. The van der Waals surface area contributed by atoms with Gasteiger partial charge in [-0.1, -0.05) is 115 Å². The first-order valence-corrected chi connectivity index (χ1v) is 25.2. The molecular formula is C56H62N5O10P. The van der Waals surface area contributed by atoms with Gasteiger partial charge in [-0.05, 0) is 86.7 Å². The summed E-state index contributed by atoms with van der Waals surface area (Å²) in [6.07, 6.45) is -0.806. The van der Waals surface area contributed by atoms with Crippen molar-refractivity contribution in [3.63, 3.8) is 0 Å². The molecule has 5 atom stereocenters. The van der Waals surface area contributed by atoms with Crippen LogP contribution >= 0.6 is 8.53 Å². The molecule has 0 spiro atoms. The zero-order valence-corrected chi connectivity index (χ0v) is 42.6. The second-order valence-corrected chi connectivity index (χ2v) is 19.8. The summed E-state index contributed by atoms with van der Waals surface area (Å²) in [6.45, 7) is 9.34. The third-order valence-electron chi connectivity index (χ3n) is 13.1. The molecule has 72 heavy (non-hydrogen) atoms. The van der Waals surface area contributed by atoms with Crippen LogP contribution in [0.2, 0.25) is 0 Å². The van der Waals surface area contributed by atoms with Gasteiger partial charge in [0.05, 0.1) is 46.5 Å². The number of nitriles is 1. The Hall–Kier alpha value is -6.47. The molecule has 3 heterocycles. The third-order valence-corrected chi connectivity index (χ3v) is 15.2. The first-order valence-electron chi connectivity index (χ1n) is 24.1. The van der Waals surface area contributed by atoms with Crippen molar-refractivity contribution < 1.29 is 37.5 Å². The average Bonchev–Trinajstić information content (AvgIpc) is 3.82. The van der Waals surface area contributed by atoms with E-state index in [9.17, 15) is 14.9 Å². The van der Waals surface area contributed by atoms with Crippen LogP contribution in [0.15, 0.2) is 155 Å². The molecule has 2 aliphatic rings. The lowest BCUT2D eigenvalue weighted by molar-refractivity contribution is -0.195. The van der Waals surface area contributed by atoms with Gasteiger partial charge >= 0.3 is 5.69 Å². The number of amides is 1. The van der Waals surface area contributed by atoms with Crippen LogP contribution < -0.4 is 20.7 Å². The molecule has 2 aliphatic heterocycles. The Bertz CT molecular complexity index is 2860. The van der Waals surface area contributed by atoms with Gasteiger partial charge in [-0.15, -0.1) is 0 Å². The van der Waals surface area contributed by atoms with E-state index < -0.39 is 61.9 Å². The number of benzene rings is 5. The number of aryl methyl sites for hydroxylation is 1. The number of rotatable bonds is 23. The summed E-state index contributed by atoms with van der Waals surface area (Å²) in [6, 6.07) is 44.9. The monoisotopic (exact) mass is 995 g/mol. The maximum absolute atomic E-state index is 16.0. The molecule has 2 fully saturated rings. The fourth-order valence-electron chi connectivity index (χ4n) is 9.71. The Morgan fingerprint density at radius 2 is 1.31 bits per heavy atom.